The summed E-state index contributed by atoms with van der Waals surface area (Å²) in [5.74, 6) is -3.54. The maximum atomic E-state index is 12.0. The van der Waals surface area contributed by atoms with Crippen molar-refractivity contribution in [2.75, 3.05) is 39.2 Å². The van der Waals surface area contributed by atoms with Crippen molar-refractivity contribution in [1.82, 2.24) is 40.2 Å². The first-order valence-corrected chi connectivity index (χ1v) is 34.1. The molecule has 32 heteroatoms. The van der Waals surface area contributed by atoms with Crippen molar-refractivity contribution in [3.05, 3.63) is 137 Å². The van der Waals surface area contributed by atoms with Gasteiger partial charge >= 0.3 is 0 Å². The summed E-state index contributed by atoms with van der Waals surface area (Å²) in [6, 6.07) is 12.7. The highest BCUT2D eigenvalue weighted by Crippen LogP contribution is 2.25. The van der Waals surface area contributed by atoms with Gasteiger partial charge in [0.2, 0.25) is 0 Å². The Morgan fingerprint density at radius 1 is 0.407 bits per heavy atom. The SMILES string of the molecule is CC.CC.CONC(=O)C(C)(CCn1ccc(C)cc1=O)S(C)(=O)=O.CONC(=O)[C@@](C)(CCn1ccc(C)cc1=O)S(C)(=O)=O.Cc1ccn(CCC(C)(C(=O)NO)S(C)(=O)=O)c(=O)c1.Cc1ccn(CC[C@](C)(C(=O)NO)S(C)(=O)=O)c(=O)c1. The number of aryl methyl sites for hydroxylation is 8. The summed E-state index contributed by atoms with van der Waals surface area (Å²) >= 11 is 0. The molecule has 0 saturated heterocycles. The smallest absolute Gasteiger partial charge is 0.264 e. The van der Waals surface area contributed by atoms with Gasteiger partial charge < -0.3 is 18.3 Å². The van der Waals surface area contributed by atoms with Crippen molar-refractivity contribution in [3.8, 4) is 0 Å². The third-order valence-electron chi connectivity index (χ3n) is 13.7. The van der Waals surface area contributed by atoms with E-state index >= 15 is 0 Å². The maximum absolute atomic E-state index is 12.0. The molecule has 0 aliphatic rings. The van der Waals surface area contributed by atoms with Gasteiger partial charge in [0.25, 0.3) is 45.9 Å². The number of amides is 4. The van der Waals surface area contributed by atoms with Gasteiger partial charge in [0.1, 0.15) is 0 Å². The summed E-state index contributed by atoms with van der Waals surface area (Å²) < 4.78 is 93.2. The van der Waals surface area contributed by atoms with E-state index in [0.29, 0.717) is 0 Å². The quantitative estimate of drug-likeness (QED) is 0.0483. The van der Waals surface area contributed by atoms with Crippen molar-refractivity contribution in [2.45, 2.75) is 154 Å². The molecule has 0 aliphatic heterocycles. The van der Waals surface area contributed by atoms with E-state index < -0.39 is 82.0 Å². The number of nitrogens with zero attached hydrogens (tertiary/aromatic N) is 4. The highest BCUT2D eigenvalue weighted by Gasteiger charge is 2.46. The zero-order valence-corrected chi connectivity index (χ0v) is 55.5. The van der Waals surface area contributed by atoms with Crippen LogP contribution in [-0.2, 0) is 94.4 Å². The Hall–Kier alpha value is -6.68. The Balaban J connectivity index is 0. The third-order valence-corrected chi connectivity index (χ3v) is 21.8. The number of carbonyl (C=O) groups is 4. The monoisotopic (exact) mass is 1300 g/mol. The molecular weight excluding hydrogens is 1210 g/mol. The van der Waals surface area contributed by atoms with Crippen LogP contribution in [0.3, 0.4) is 0 Å². The highest BCUT2D eigenvalue weighted by molar-refractivity contribution is 7.93. The third kappa shape index (κ3) is 23.2. The van der Waals surface area contributed by atoms with Gasteiger partial charge in [-0.3, -0.25) is 58.4 Å². The lowest BCUT2D eigenvalue weighted by atomic mass is 10.1. The van der Waals surface area contributed by atoms with E-state index in [4.69, 9.17) is 10.4 Å². The minimum atomic E-state index is -3.75. The molecule has 0 bridgehead atoms. The number of nitrogens with one attached hydrogen (secondary N) is 4. The average Bonchev–Trinajstić information content (AvgIpc) is 2.44. The lowest BCUT2D eigenvalue weighted by Gasteiger charge is -2.26. The Labute approximate surface area is 503 Å². The van der Waals surface area contributed by atoms with E-state index in [1.807, 2.05) is 38.7 Å². The van der Waals surface area contributed by atoms with Gasteiger partial charge in [0, 0.05) is 100 Å². The molecule has 0 radical (unpaired) electrons. The molecule has 6 N–H and O–H groups in total. The Morgan fingerprint density at radius 3 is 0.721 bits per heavy atom. The van der Waals surface area contributed by atoms with Crippen LogP contribution in [0.25, 0.3) is 0 Å². The van der Waals surface area contributed by atoms with Crippen LogP contribution in [0.5, 0.6) is 0 Å². The molecule has 0 aromatic carbocycles. The van der Waals surface area contributed by atoms with Gasteiger partial charge in [-0.2, -0.15) is 0 Å². The summed E-state index contributed by atoms with van der Waals surface area (Å²) in [4.78, 5) is 103. The number of pyridine rings is 4. The molecule has 4 rings (SSSR count). The van der Waals surface area contributed by atoms with Crippen molar-refractivity contribution >= 4 is 63.0 Å². The predicted molar refractivity (Wildman–Crippen MR) is 326 cm³/mol. The molecule has 86 heavy (non-hydrogen) atoms. The Bertz CT molecular complexity index is 3400. The summed E-state index contributed by atoms with van der Waals surface area (Å²) in [6.45, 7) is 20.5. The Kier molecular flexibility index (Phi) is 33.3. The fourth-order valence-electron chi connectivity index (χ4n) is 7.01. The standard InChI is InChI=1S/2C13H20N2O5S.2C12H18N2O5S.2C2H6/c2*1-10-5-7-15(11(16)9-10)8-6-13(2,21(4,18)19)12(17)14-20-3;2*1-9-4-6-14(10(15)8-9)7-5-12(2,11(16)13-17)20(3,18)19;2*1-2/h2*5,7,9H,6,8H2,1-4H3,(H,14,17);2*4,6,8,17H,5,7H2,1-3H3,(H,13,16);2*1-2H3/t13-;;12-;;;/m1.1.../s1. The number of carbonyl (C=O) groups excluding carboxylic acids is 4. The van der Waals surface area contributed by atoms with E-state index in [1.165, 1.54) is 108 Å². The summed E-state index contributed by atoms with van der Waals surface area (Å²) in [5.41, 5.74) is 9.04. The van der Waals surface area contributed by atoms with Crippen LogP contribution < -0.4 is 44.2 Å². The van der Waals surface area contributed by atoms with Crippen molar-refractivity contribution in [3.63, 3.8) is 0 Å². The van der Waals surface area contributed by atoms with E-state index in [-0.39, 0.29) is 74.1 Å². The lowest BCUT2D eigenvalue weighted by Crippen LogP contribution is -2.50. The van der Waals surface area contributed by atoms with Gasteiger partial charge in [-0.05, 0) is 128 Å². The fourth-order valence-corrected chi connectivity index (χ4v) is 10.4. The molecule has 4 atom stereocenters. The number of hydrogen-bond acceptors (Lipinski definition) is 20. The molecule has 2 unspecified atom stereocenters. The second-order valence-electron chi connectivity index (χ2n) is 20.1. The minimum absolute atomic E-state index is 0.0377. The molecule has 4 heterocycles. The van der Waals surface area contributed by atoms with Gasteiger partial charge in [-0.15, -0.1) is 0 Å². The summed E-state index contributed by atoms with van der Waals surface area (Å²) in [5, 5.41) is 17.4. The van der Waals surface area contributed by atoms with Crippen LogP contribution in [0.2, 0.25) is 0 Å². The first-order chi connectivity index (χ1) is 39.5. The van der Waals surface area contributed by atoms with Crippen LogP contribution in [0.4, 0.5) is 0 Å². The van der Waals surface area contributed by atoms with E-state index in [1.54, 1.807) is 64.4 Å². The predicted octanol–water partition coefficient (Wildman–Crippen LogP) is 1.82. The largest absolute Gasteiger partial charge is 0.315 e. The number of sulfone groups is 4. The fraction of sp³-hybridized carbons (Fsp3) is 0.556. The topological polar surface area (TPSA) is 400 Å². The molecule has 0 spiro atoms. The number of aromatic nitrogens is 4. The average molecular weight is 1300 g/mol. The first kappa shape index (κ1) is 81.4. The highest BCUT2D eigenvalue weighted by atomic mass is 32.2. The number of hydroxylamine groups is 4. The molecular formula is C54H88N8O20S4. The zero-order chi connectivity index (χ0) is 67.6. The second kappa shape index (κ2) is 35.2. The molecule has 0 fully saturated rings. The molecule has 0 aliphatic carbocycles. The van der Waals surface area contributed by atoms with Gasteiger partial charge in [-0.25, -0.2) is 55.6 Å². The van der Waals surface area contributed by atoms with Crippen LogP contribution in [0, 0.1) is 27.7 Å². The summed E-state index contributed by atoms with van der Waals surface area (Å²) in [6.07, 6.45) is 9.72. The van der Waals surface area contributed by atoms with Crippen LogP contribution in [0.1, 0.15) is 103 Å². The zero-order valence-electron chi connectivity index (χ0n) is 52.2. The molecule has 4 aromatic heterocycles. The maximum Gasteiger partial charge on any atom is 0.264 e. The van der Waals surface area contributed by atoms with E-state index in [0.717, 1.165) is 47.3 Å². The van der Waals surface area contributed by atoms with Crippen molar-refractivity contribution < 1.29 is 72.9 Å². The number of rotatable bonds is 22. The molecule has 488 valence electrons. The van der Waals surface area contributed by atoms with Gasteiger partial charge in [0.15, 0.2) is 58.3 Å². The van der Waals surface area contributed by atoms with Gasteiger partial charge in [-0.1, -0.05) is 27.7 Å². The van der Waals surface area contributed by atoms with Crippen LogP contribution >= 0.6 is 0 Å². The number of hydrogen-bond donors (Lipinski definition) is 6. The lowest BCUT2D eigenvalue weighted by molar-refractivity contribution is -0.134. The minimum Gasteiger partial charge on any atom is -0.315 e. The van der Waals surface area contributed by atoms with Crippen molar-refractivity contribution in [1.29, 1.82) is 0 Å². The molecule has 0 saturated carbocycles. The molecule has 4 amide bonds. The van der Waals surface area contributed by atoms with E-state index in [2.05, 4.69) is 9.68 Å². The van der Waals surface area contributed by atoms with Crippen LogP contribution in [0.15, 0.2) is 92.5 Å². The first-order valence-electron chi connectivity index (χ1n) is 26.5. The summed E-state index contributed by atoms with van der Waals surface area (Å²) in [7, 11) is -12.4. The molecule has 4 aromatic rings. The van der Waals surface area contributed by atoms with E-state index in [9.17, 15) is 72.0 Å². The second-order valence-corrected chi connectivity index (χ2v) is 29.9. The normalized spacial score (nSPS) is 14.0. The Morgan fingerprint density at radius 2 is 0.581 bits per heavy atom. The van der Waals surface area contributed by atoms with Gasteiger partial charge in [0.05, 0.1) is 14.2 Å². The van der Waals surface area contributed by atoms with Crippen molar-refractivity contribution in [2.24, 2.45) is 0 Å². The molecule has 28 nitrogen and oxygen atoms in total. The van der Waals surface area contributed by atoms with Crippen LogP contribution in [-0.4, -0.2) is 144 Å².